The van der Waals surface area contributed by atoms with Crippen LogP contribution in [0.3, 0.4) is 0 Å². The van der Waals surface area contributed by atoms with Gasteiger partial charge in [0.15, 0.2) is 0 Å². The third-order valence-electron chi connectivity index (χ3n) is 11.0. The molecule has 0 radical (unpaired) electrons. The van der Waals surface area contributed by atoms with Crippen molar-refractivity contribution in [3.8, 4) is 11.3 Å². The number of carbonyl (C=O) groups is 1. The topological polar surface area (TPSA) is 110 Å². The van der Waals surface area contributed by atoms with Crippen LogP contribution in [-0.2, 0) is 39.4 Å². The molecule has 2 aliphatic heterocycles. The fourth-order valence-electron chi connectivity index (χ4n) is 7.44. The molecule has 1 N–H and O–H groups in total. The van der Waals surface area contributed by atoms with Crippen molar-refractivity contribution in [1.82, 2.24) is 9.89 Å². The molecule has 0 unspecified atom stereocenters. The van der Waals surface area contributed by atoms with Crippen molar-refractivity contribution in [3.63, 3.8) is 0 Å². The largest absolute Gasteiger partial charge is 0.460 e. The number of unbranched alkanes of at least 4 members (excludes halogenated alkanes) is 5. The van der Waals surface area contributed by atoms with Crippen LogP contribution < -0.4 is 20.1 Å². The summed E-state index contributed by atoms with van der Waals surface area (Å²) in [5, 5.41) is 4.09. The van der Waals surface area contributed by atoms with Gasteiger partial charge in [0.25, 0.3) is 10.1 Å². The van der Waals surface area contributed by atoms with E-state index in [1.165, 1.54) is 7.11 Å². The molecule has 0 fully saturated rings. The van der Waals surface area contributed by atoms with E-state index in [1.54, 1.807) is 12.1 Å². The van der Waals surface area contributed by atoms with Gasteiger partial charge in [-0.2, -0.15) is 8.42 Å². The van der Waals surface area contributed by atoms with Gasteiger partial charge in [-0.25, -0.2) is 4.58 Å². The molecule has 4 rings (SSSR count). The summed E-state index contributed by atoms with van der Waals surface area (Å²) < 4.78 is 50.4. The Bertz CT molecular complexity index is 2020. The molecule has 1 aliphatic carbocycles. The minimum absolute atomic E-state index is 0.0205. The lowest BCUT2D eigenvalue weighted by Gasteiger charge is -2.27. The number of benzene rings is 2. The summed E-state index contributed by atoms with van der Waals surface area (Å²) >= 11 is 5.71. The predicted octanol–water partition coefficient (Wildman–Crippen LogP) is 9.03. The Balaban J connectivity index is 1.44. The van der Waals surface area contributed by atoms with Gasteiger partial charge in [0.05, 0.1) is 37.9 Å². The first-order chi connectivity index (χ1) is 28.2. The van der Waals surface area contributed by atoms with Crippen LogP contribution in [0.4, 0.5) is 5.69 Å². The molecule has 2 heterocycles. The zero-order valence-corrected chi connectivity index (χ0v) is 38.4. The lowest BCUT2D eigenvalue weighted by atomic mass is 9.83. The number of amides is 1. The number of allylic oxidation sites excluding steroid dienone is 3. The van der Waals surface area contributed by atoms with Gasteiger partial charge < -0.3 is 24.1 Å². The third kappa shape index (κ3) is 13.5. The summed E-state index contributed by atoms with van der Waals surface area (Å²) in [6.45, 7) is 20.3. The minimum Gasteiger partial charge on any atom is -0.460 e. The van der Waals surface area contributed by atoms with Crippen LogP contribution >= 0.6 is 11.6 Å². The van der Waals surface area contributed by atoms with E-state index in [-0.39, 0.29) is 16.2 Å². The maximum absolute atomic E-state index is 12.8. The lowest BCUT2D eigenvalue weighted by molar-refractivity contribution is -0.121. The van der Waals surface area contributed by atoms with Gasteiger partial charge >= 0.3 is 0 Å². The van der Waals surface area contributed by atoms with Crippen LogP contribution in [0, 0.1) is 0 Å². The van der Waals surface area contributed by atoms with Gasteiger partial charge in [-0.05, 0) is 87.1 Å². The number of halogens is 1. The molecule has 1 aromatic carbocycles. The van der Waals surface area contributed by atoms with Crippen LogP contribution in [0.5, 0.6) is 0 Å². The maximum Gasteiger partial charge on any atom is 0.296 e. The first kappa shape index (κ1) is 48.2. The summed E-state index contributed by atoms with van der Waals surface area (Å²) in [6.07, 6.45) is 13.7. The molecular formula is C47H69ClN3O7S+. The molecule has 0 atom stereocenters. The SMILES string of the molecule is CC[N+](CC)=c1ccc2c(/C=C/C=C3/N(CCCCCC(=O)NCCOCCOCCCCCCCl)c4ccc(S(=O)(=O)OC)cc4C3(C)C)cc(C(C)(C)C)oc-2c1. The highest BCUT2D eigenvalue weighted by Gasteiger charge is 2.40. The third-order valence-corrected chi connectivity index (χ3v) is 12.5. The Labute approximate surface area is 359 Å². The fraction of sp³-hybridized carbons (Fsp3) is 0.574. The molecule has 0 saturated carbocycles. The Morgan fingerprint density at radius 1 is 0.915 bits per heavy atom. The number of alkyl halides is 1. The van der Waals surface area contributed by atoms with E-state index in [0.29, 0.717) is 39.3 Å². The lowest BCUT2D eigenvalue weighted by Crippen LogP contribution is -2.29. The number of hydrogen-bond donors (Lipinski definition) is 1. The molecule has 0 saturated heterocycles. The molecule has 326 valence electrons. The molecule has 59 heavy (non-hydrogen) atoms. The number of hydrogen-bond acceptors (Lipinski definition) is 8. The average Bonchev–Trinajstić information content (AvgIpc) is 3.42. The number of nitrogens with zero attached hydrogens (tertiary/aromatic N) is 2. The highest BCUT2D eigenvalue weighted by molar-refractivity contribution is 7.86. The summed E-state index contributed by atoms with van der Waals surface area (Å²) in [6, 6.07) is 13.8. The van der Waals surface area contributed by atoms with Crippen molar-refractivity contribution < 1.29 is 31.3 Å². The number of nitrogens with one attached hydrogen (secondary N) is 1. The van der Waals surface area contributed by atoms with Crippen molar-refractivity contribution in [1.29, 1.82) is 0 Å². The molecule has 12 heteroatoms. The molecule has 0 spiro atoms. The second kappa shape index (κ2) is 22.9. The molecule has 0 bridgehead atoms. The van der Waals surface area contributed by atoms with E-state index in [2.05, 4.69) is 106 Å². The molecule has 1 amide bonds. The van der Waals surface area contributed by atoms with Gasteiger partial charge in [-0.15, -0.1) is 11.6 Å². The van der Waals surface area contributed by atoms with E-state index >= 15 is 0 Å². The highest BCUT2D eigenvalue weighted by Crippen LogP contribution is 2.48. The minimum atomic E-state index is -3.88. The standard InChI is InChI=1S/C47H68ClN3O7S/c1-9-50(10-2)37-22-24-39-36(33-44(46(3,4)5)58-42(39)34-37)19-18-20-43-47(6,7)40-35-38(59(53,54)55-8)23-25-41(40)51(43)28-16-13-14-21-45(52)49-27-30-57-32-31-56-29-17-12-11-15-26-48/h18-20,22-25,33-35H,9-17,21,26-32H2,1-8H3/p+1. The first-order valence-electron chi connectivity index (χ1n) is 21.4. The van der Waals surface area contributed by atoms with E-state index < -0.39 is 15.5 Å². The van der Waals surface area contributed by atoms with Gasteiger partial charge in [0.2, 0.25) is 11.3 Å². The van der Waals surface area contributed by atoms with Crippen molar-refractivity contribution in [2.45, 2.75) is 116 Å². The van der Waals surface area contributed by atoms with Gasteiger partial charge in [0, 0.05) is 65.8 Å². The number of fused-ring (bicyclic) bond motifs is 2. The highest BCUT2D eigenvalue weighted by atomic mass is 35.5. The number of ether oxygens (including phenoxy) is 2. The zero-order chi connectivity index (χ0) is 43.1. The van der Waals surface area contributed by atoms with Crippen molar-refractivity contribution >= 4 is 39.4 Å². The quantitative estimate of drug-likeness (QED) is 0.0412. The summed E-state index contributed by atoms with van der Waals surface area (Å²) in [5.74, 6) is 2.49. The van der Waals surface area contributed by atoms with Crippen LogP contribution in [-0.4, -0.2) is 79.9 Å². The summed E-state index contributed by atoms with van der Waals surface area (Å²) in [5.41, 5.74) is 4.35. The fourth-order valence-corrected chi connectivity index (χ4v) is 8.32. The number of carbonyl (C=O) groups excluding carboxylic acids is 1. The predicted molar refractivity (Wildman–Crippen MR) is 241 cm³/mol. The molecule has 10 nitrogen and oxygen atoms in total. The first-order valence-corrected chi connectivity index (χ1v) is 23.4. The van der Waals surface area contributed by atoms with Crippen LogP contribution in [0.2, 0.25) is 0 Å². The van der Waals surface area contributed by atoms with Crippen LogP contribution in [0.25, 0.3) is 17.4 Å². The Hall–Kier alpha value is -3.48. The number of rotatable bonds is 24. The summed E-state index contributed by atoms with van der Waals surface area (Å²) in [4.78, 5) is 15.0. The van der Waals surface area contributed by atoms with Gasteiger partial charge in [-0.3, -0.25) is 8.98 Å². The molecule has 3 aliphatic rings. The van der Waals surface area contributed by atoms with Gasteiger partial charge in [0.1, 0.15) is 24.6 Å². The summed E-state index contributed by atoms with van der Waals surface area (Å²) in [7, 11) is -2.69. The second-order valence-corrected chi connectivity index (χ2v) is 18.7. The van der Waals surface area contributed by atoms with Crippen LogP contribution in [0.1, 0.15) is 117 Å². The van der Waals surface area contributed by atoms with E-state index in [0.717, 1.165) is 115 Å². The molecule has 0 aromatic heterocycles. The van der Waals surface area contributed by atoms with Crippen molar-refractivity contribution in [2.75, 3.05) is 70.5 Å². The maximum atomic E-state index is 12.8. The molecular weight excluding hydrogens is 786 g/mol. The van der Waals surface area contributed by atoms with E-state index in [9.17, 15) is 13.2 Å². The van der Waals surface area contributed by atoms with Crippen LogP contribution in [0.15, 0.2) is 69.6 Å². The molecule has 1 aromatic rings. The second-order valence-electron chi connectivity index (χ2n) is 16.6. The van der Waals surface area contributed by atoms with Crippen molar-refractivity contribution in [3.05, 3.63) is 82.6 Å². The van der Waals surface area contributed by atoms with E-state index in [4.69, 9.17) is 29.7 Å². The monoisotopic (exact) mass is 854 g/mol. The number of anilines is 1. The Morgan fingerprint density at radius 2 is 1.63 bits per heavy atom. The Kier molecular flexibility index (Phi) is 18.7. The van der Waals surface area contributed by atoms with E-state index in [1.807, 2.05) is 6.07 Å². The smallest absolute Gasteiger partial charge is 0.296 e. The van der Waals surface area contributed by atoms with Gasteiger partial charge in [-0.1, -0.05) is 66.0 Å². The average molecular weight is 856 g/mol. The van der Waals surface area contributed by atoms with Crippen molar-refractivity contribution in [2.24, 2.45) is 0 Å². The Morgan fingerprint density at radius 3 is 2.32 bits per heavy atom. The zero-order valence-electron chi connectivity index (χ0n) is 36.8. The normalized spacial score (nSPS) is 14.8.